The number of aromatic nitrogens is 1. The van der Waals surface area contributed by atoms with Gasteiger partial charge in [-0.3, -0.25) is 9.59 Å². The van der Waals surface area contributed by atoms with E-state index in [-0.39, 0.29) is 11.8 Å². The van der Waals surface area contributed by atoms with Crippen LogP contribution in [0.25, 0.3) is 5.69 Å². The third-order valence-corrected chi connectivity index (χ3v) is 3.86. The Kier molecular flexibility index (Phi) is 4.95. The smallest absolute Gasteiger partial charge is 0.251 e. The average Bonchev–Trinajstić information content (AvgIpc) is 3.17. The third-order valence-electron chi connectivity index (χ3n) is 3.86. The van der Waals surface area contributed by atoms with Gasteiger partial charge in [-0.15, -0.1) is 0 Å². The molecule has 5 nitrogen and oxygen atoms in total. The molecule has 0 saturated heterocycles. The van der Waals surface area contributed by atoms with Gasteiger partial charge in [-0.2, -0.15) is 0 Å². The van der Waals surface area contributed by atoms with Gasteiger partial charge < -0.3 is 15.2 Å². The molecule has 0 saturated carbocycles. The van der Waals surface area contributed by atoms with Crippen LogP contribution in [0.5, 0.6) is 0 Å². The summed E-state index contributed by atoms with van der Waals surface area (Å²) in [6, 6.07) is 18.6. The van der Waals surface area contributed by atoms with Gasteiger partial charge in [0.1, 0.15) is 0 Å². The Bertz CT molecular complexity index is 851. The maximum absolute atomic E-state index is 12.2. The number of benzene rings is 2. The molecule has 0 aliphatic rings. The molecule has 0 bridgehead atoms. The standard InChI is InChI=1S/C20H19N3O2/c1-21-20(25)16-6-8-17(9-7-16)22-19(24)14-15-4-10-18(11-5-15)23-12-2-3-13-23/h2-13H,14H2,1H3,(H,21,25)(H,22,24). The van der Waals surface area contributed by atoms with Crippen molar-refractivity contribution >= 4 is 17.5 Å². The quantitative estimate of drug-likeness (QED) is 0.754. The Morgan fingerprint density at radius 2 is 1.56 bits per heavy atom. The van der Waals surface area contributed by atoms with Crippen molar-refractivity contribution in [2.45, 2.75) is 6.42 Å². The number of rotatable bonds is 5. The fourth-order valence-electron chi connectivity index (χ4n) is 2.53. The van der Waals surface area contributed by atoms with Crippen LogP contribution in [0.4, 0.5) is 5.69 Å². The summed E-state index contributed by atoms with van der Waals surface area (Å²) in [4.78, 5) is 23.7. The van der Waals surface area contributed by atoms with Crippen molar-refractivity contribution in [3.05, 3.63) is 84.2 Å². The van der Waals surface area contributed by atoms with Crippen LogP contribution in [0.3, 0.4) is 0 Å². The molecule has 3 rings (SSSR count). The zero-order chi connectivity index (χ0) is 17.6. The first-order chi connectivity index (χ1) is 12.2. The molecule has 0 fully saturated rings. The number of anilines is 1. The lowest BCUT2D eigenvalue weighted by Gasteiger charge is -2.08. The van der Waals surface area contributed by atoms with E-state index in [1.807, 2.05) is 53.4 Å². The van der Waals surface area contributed by atoms with Gasteiger partial charge in [0, 0.05) is 36.4 Å². The van der Waals surface area contributed by atoms with Crippen LogP contribution in [0, 0.1) is 0 Å². The Balaban J connectivity index is 1.59. The molecule has 0 spiro atoms. The van der Waals surface area contributed by atoms with Gasteiger partial charge in [-0.25, -0.2) is 0 Å². The van der Waals surface area contributed by atoms with Gasteiger partial charge >= 0.3 is 0 Å². The zero-order valence-corrected chi connectivity index (χ0v) is 13.9. The molecule has 25 heavy (non-hydrogen) atoms. The van der Waals surface area contributed by atoms with Crippen molar-refractivity contribution in [2.75, 3.05) is 12.4 Å². The van der Waals surface area contributed by atoms with Crippen LogP contribution < -0.4 is 10.6 Å². The first-order valence-corrected chi connectivity index (χ1v) is 8.00. The van der Waals surface area contributed by atoms with E-state index in [0.29, 0.717) is 17.7 Å². The number of carbonyl (C=O) groups excluding carboxylic acids is 2. The van der Waals surface area contributed by atoms with Gasteiger partial charge in [-0.05, 0) is 54.1 Å². The van der Waals surface area contributed by atoms with Crippen molar-refractivity contribution in [2.24, 2.45) is 0 Å². The second-order valence-electron chi connectivity index (χ2n) is 5.64. The lowest BCUT2D eigenvalue weighted by molar-refractivity contribution is -0.115. The topological polar surface area (TPSA) is 63.1 Å². The Morgan fingerprint density at radius 1 is 0.920 bits per heavy atom. The lowest BCUT2D eigenvalue weighted by atomic mass is 10.1. The lowest BCUT2D eigenvalue weighted by Crippen LogP contribution is -2.18. The van der Waals surface area contributed by atoms with Crippen LogP contribution >= 0.6 is 0 Å². The number of carbonyl (C=O) groups is 2. The van der Waals surface area contributed by atoms with Gasteiger partial charge in [0.05, 0.1) is 6.42 Å². The fraction of sp³-hybridized carbons (Fsp3) is 0.100. The van der Waals surface area contributed by atoms with E-state index in [2.05, 4.69) is 10.6 Å². The van der Waals surface area contributed by atoms with Gasteiger partial charge in [-0.1, -0.05) is 12.1 Å². The second-order valence-corrected chi connectivity index (χ2v) is 5.64. The minimum Gasteiger partial charge on any atom is -0.355 e. The highest BCUT2D eigenvalue weighted by Crippen LogP contribution is 2.13. The molecule has 1 aromatic heterocycles. The minimum absolute atomic E-state index is 0.0959. The number of amides is 2. The molecule has 1 heterocycles. The Hall–Kier alpha value is -3.34. The maximum Gasteiger partial charge on any atom is 0.251 e. The predicted octanol–water partition coefficient (Wildman–Crippen LogP) is 3.02. The maximum atomic E-state index is 12.2. The molecule has 5 heteroatoms. The summed E-state index contributed by atoms with van der Waals surface area (Å²) < 4.78 is 2.01. The van der Waals surface area contributed by atoms with E-state index in [1.165, 1.54) is 0 Å². The van der Waals surface area contributed by atoms with E-state index >= 15 is 0 Å². The summed E-state index contributed by atoms with van der Waals surface area (Å²) in [5.74, 6) is -0.248. The van der Waals surface area contributed by atoms with Crippen molar-refractivity contribution in [3.8, 4) is 5.69 Å². The Labute approximate surface area is 146 Å². The second kappa shape index (κ2) is 7.49. The predicted molar refractivity (Wildman–Crippen MR) is 97.9 cm³/mol. The van der Waals surface area contributed by atoms with Gasteiger partial charge in [0.2, 0.25) is 5.91 Å². The molecular formula is C20H19N3O2. The molecular weight excluding hydrogens is 314 g/mol. The third kappa shape index (κ3) is 4.14. The molecule has 2 aromatic carbocycles. The van der Waals surface area contributed by atoms with Crippen molar-refractivity contribution in [1.29, 1.82) is 0 Å². The van der Waals surface area contributed by atoms with E-state index in [1.54, 1.807) is 31.3 Å². The highest BCUT2D eigenvalue weighted by molar-refractivity contribution is 5.96. The highest BCUT2D eigenvalue weighted by Gasteiger charge is 2.06. The molecule has 0 aliphatic carbocycles. The number of hydrogen-bond acceptors (Lipinski definition) is 2. The number of hydrogen-bond donors (Lipinski definition) is 2. The molecule has 0 atom stereocenters. The van der Waals surface area contributed by atoms with Crippen LogP contribution in [0.2, 0.25) is 0 Å². The van der Waals surface area contributed by atoms with Crippen molar-refractivity contribution < 1.29 is 9.59 Å². The molecule has 0 radical (unpaired) electrons. The zero-order valence-electron chi connectivity index (χ0n) is 13.9. The molecule has 0 unspecified atom stereocenters. The van der Waals surface area contributed by atoms with Crippen LogP contribution in [-0.2, 0) is 11.2 Å². The van der Waals surface area contributed by atoms with Crippen LogP contribution in [-0.4, -0.2) is 23.4 Å². The summed E-state index contributed by atoms with van der Waals surface area (Å²) in [5, 5.41) is 5.40. The van der Waals surface area contributed by atoms with Gasteiger partial charge in [0.25, 0.3) is 5.91 Å². The monoisotopic (exact) mass is 333 g/mol. The summed E-state index contributed by atoms with van der Waals surface area (Å²) in [6.07, 6.45) is 4.25. The number of nitrogens with zero attached hydrogens (tertiary/aromatic N) is 1. The molecule has 126 valence electrons. The summed E-state index contributed by atoms with van der Waals surface area (Å²) in [6.45, 7) is 0. The van der Waals surface area contributed by atoms with Gasteiger partial charge in [0.15, 0.2) is 0 Å². The summed E-state index contributed by atoms with van der Waals surface area (Å²) in [5.41, 5.74) is 3.22. The van der Waals surface area contributed by atoms with E-state index in [4.69, 9.17) is 0 Å². The first-order valence-electron chi connectivity index (χ1n) is 8.00. The normalized spacial score (nSPS) is 10.3. The highest BCUT2D eigenvalue weighted by atomic mass is 16.2. The van der Waals surface area contributed by atoms with E-state index < -0.39 is 0 Å². The van der Waals surface area contributed by atoms with Crippen LogP contribution in [0.1, 0.15) is 15.9 Å². The number of nitrogens with one attached hydrogen (secondary N) is 2. The van der Waals surface area contributed by atoms with E-state index in [0.717, 1.165) is 11.3 Å². The van der Waals surface area contributed by atoms with E-state index in [9.17, 15) is 9.59 Å². The van der Waals surface area contributed by atoms with Crippen LogP contribution in [0.15, 0.2) is 73.1 Å². The molecule has 3 aromatic rings. The first kappa shape index (κ1) is 16.5. The average molecular weight is 333 g/mol. The summed E-state index contributed by atoms with van der Waals surface area (Å²) >= 11 is 0. The fourth-order valence-corrected chi connectivity index (χ4v) is 2.53. The minimum atomic E-state index is -0.152. The molecule has 2 amide bonds. The SMILES string of the molecule is CNC(=O)c1ccc(NC(=O)Cc2ccc(-n3cccc3)cc2)cc1. The summed E-state index contributed by atoms with van der Waals surface area (Å²) in [7, 11) is 1.58. The Morgan fingerprint density at radius 3 is 2.16 bits per heavy atom. The largest absolute Gasteiger partial charge is 0.355 e. The molecule has 0 aliphatic heterocycles. The molecule has 2 N–H and O–H groups in total. The van der Waals surface area contributed by atoms with Crippen molar-refractivity contribution in [3.63, 3.8) is 0 Å². The van der Waals surface area contributed by atoms with Crippen molar-refractivity contribution in [1.82, 2.24) is 9.88 Å².